The number of carbonyl (C=O) groups is 1. The van der Waals surface area contributed by atoms with Crippen LogP contribution in [0.15, 0.2) is 30.7 Å². The Hall–Kier alpha value is -2.08. The van der Waals surface area contributed by atoms with Gasteiger partial charge in [-0.1, -0.05) is 18.5 Å². The summed E-state index contributed by atoms with van der Waals surface area (Å²) in [7, 11) is 1.65. The number of aromatic nitrogens is 3. The number of urea groups is 1. The zero-order valence-electron chi connectivity index (χ0n) is 11.4. The lowest BCUT2D eigenvalue weighted by molar-refractivity contribution is 0.247. The molecular weight excluding hydrogens is 278 g/mol. The second-order valence-electron chi connectivity index (χ2n) is 4.25. The van der Waals surface area contributed by atoms with Gasteiger partial charge >= 0.3 is 6.03 Å². The molecule has 0 aliphatic rings. The molecule has 0 aliphatic heterocycles. The second-order valence-corrected chi connectivity index (χ2v) is 4.61. The Bertz CT molecular complexity index is 584. The van der Waals surface area contributed by atoms with Crippen LogP contribution in [0.1, 0.15) is 13.3 Å². The number of anilines is 1. The first kappa shape index (κ1) is 14.3. The third kappa shape index (κ3) is 3.08. The summed E-state index contributed by atoms with van der Waals surface area (Å²) in [6, 6.07) is 3.46. The van der Waals surface area contributed by atoms with Crippen LogP contribution in [-0.2, 0) is 0 Å². The average Bonchev–Trinajstić information content (AvgIpc) is 2.87. The molecule has 2 rings (SSSR count). The van der Waals surface area contributed by atoms with Crippen molar-refractivity contribution in [3.8, 4) is 5.69 Å². The molecule has 7 heteroatoms. The van der Waals surface area contributed by atoms with Crippen LogP contribution in [0.4, 0.5) is 10.5 Å². The number of halogens is 1. The molecule has 2 aromatic heterocycles. The molecule has 0 unspecified atom stereocenters. The molecule has 2 aromatic rings. The molecule has 0 saturated carbocycles. The van der Waals surface area contributed by atoms with Crippen LogP contribution < -0.4 is 10.2 Å². The van der Waals surface area contributed by atoms with Crippen molar-refractivity contribution in [2.24, 2.45) is 0 Å². The molecule has 0 saturated heterocycles. The number of amides is 2. The van der Waals surface area contributed by atoms with Gasteiger partial charge in [0.2, 0.25) is 0 Å². The molecule has 20 heavy (non-hydrogen) atoms. The fourth-order valence-corrected chi connectivity index (χ4v) is 1.91. The zero-order chi connectivity index (χ0) is 14.5. The Morgan fingerprint density at radius 1 is 1.55 bits per heavy atom. The van der Waals surface area contributed by atoms with Crippen molar-refractivity contribution in [1.29, 1.82) is 0 Å². The molecule has 2 heterocycles. The van der Waals surface area contributed by atoms with Crippen LogP contribution in [0.5, 0.6) is 0 Å². The van der Waals surface area contributed by atoms with Gasteiger partial charge in [-0.3, -0.25) is 9.88 Å². The lowest BCUT2D eigenvalue weighted by Gasteiger charge is -2.15. The average molecular weight is 294 g/mol. The van der Waals surface area contributed by atoms with Crippen LogP contribution in [0.25, 0.3) is 5.69 Å². The van der Waals surface area contributed by atoms with Gasteiger partial charge in [-0.25, -0.2) is 9.48 Å². The maximum Gasteiger partial charge on any atom is 0.321 e. The summed E-state index contributed by atoms with van der Waals surface area (Å²) in [6.45, 7) is 2.62. The topological polar surface area (TPSA) is 63.1 Å². The van der Waals surface area contributed by atoms with Crippen LogP contribution in [0.2, 0.25) is 5.15 Å². The van der Waals surface area contributed by atoms with Crippen molar-refractivity contribution in [3.63, 3.8) is 0 Å². The van der Waals surface area contributed by atoms with Gasteiger partial charge in [0.05, 0.1) is 18.1 Å². The van der Waals surface area contributed by atoms with Gasteiger partial charge in [0.15, 0.2) is 5.15 Å². The standard InChI is InChI=1S/C13H16ClN5O/c1-3-6-16-13(20)18(2)11-9-19(17-12(11)14)10-5-4-7-15-8-10/h4-5,7-9H,3,6H2,1-2H3,(H,16,20). The second kappa shape index (κ2) is 6.38. The minimum atomic E-state index is -0.209. The summed E-state index contributed by atoms with van der Waals surface area (Å²) >= 11 is 6.09. The van der Waals surface area contributed by atoms with E-state index in [-0.39, 0.29) is 11.2 Å². The summed E-state index contributed by atoms with van der Waals surface area (Å²) in [5, 5.41) is 7.24. The third-order valence-corrected chi connectivity index (χ3v) is 3.02. The highest BCUT2D eigenvalue weighted by Crippen LogP contribution is 2.24. The van der Waals surface area contributed by atoms with E-state index in [2.05, 4.69) is 15.4 Å². The van der Waals surface area contributed by atoms with Gasteiger partial charge < -0.3 is 5.32 Å². The van der Waals surface area contributed by atoms with Gasteiger partial charge in [-0.05, 0) is 18.6 Å². The predicted molar refractivity (Wildman–Crippen MR) is 78.5 cm³/mol. The summed E-state index contributed by atoms with van der Waals surface area (Å²) < 4.78 is 1.59. The van der Waals surface area contributed by atoms with Crippen LogP contribution >= 0.6 is 11.6 Å². The molecule has 0 atom stereocenters. The Labute approximate surface area is 122 Å². The molecule has 0 spiro atoms. The largest absolute Gasteiger partial charge is 0.338 e. The molecule has 0 aliphatic carbocycles. The highest BCUT2D eigenvalue weighted by Gasteiger charge is 2.17. The number of nitrogens with one attached hydrogen (secondary N) is 1. The predicted octanol–water partition coefficient (Wildman–Crippen LogP) is 2.48. The van der Waals surface area contributed by atoms with E-state index in [4.69, 9.17) is 11.6 Å². The minimum Gasteiger partial charge on any atom is -0.338 e. The number of nitrogens with zero attached hydrogens (tertiary/aromatic N) is 4. The fourth-order valence-electron chi connectivity index (χ4n) is 1.65. The molecule has 6 nitrogen and oxygen atoms in total. The summed E-state index contributed by atoms with van der Waals surface area (Å²) in [4.78, 5) is 17.4. The lowest BCUT2D eigenvalue weighted by atomic mass is 10.4. The van der Waals surface area contributed by atoms with E-state index in [1.807, 2.05) is 19.1 Å². The van der Waals surface area contributed by atoms with Crippen LogP contribution in [0, 0.1) is 0 Å². The van der Waals surface area contributed by atoms with E-state index < -0.39 is 0 Å². The molecule has 0 bridgehead atoms. The first-order valence-corrected chi connectivity index (χ1v) is 6.68. The van der Waals surface area contributed by atoms with Crippen molar-refractivity contribution < 1.29 is 4.79 Å². The van der Waals surface area contributed by atoms with Crippen LogP contribution in [-0.4, -0.2) is 34.4 Å². The highest BCUT2D eigenvalue weighted by molar-refractivity contribution is 6.32. The summed E-state index contributed by atoms with van der Waals surface area (Å²) in [5.41, 5.74) is 1.33. The molecule has 2 amide bonds. The first-order chi connectivity index (χ1) is 9.63. The Morgan fingerprint density at radius 3 is 3.00 bits per heavy atom. The highest BCUT2D eigenvalue weighted by atomic mass is 35.5. The van der Waals surface area contributed by atoms with E-state index in [9.17, 15) is 4.79 Å². The number of hydrogen-bond donors (Lipinski definition) is 1. The van der Waals surface area contributed by atoms with Gasteiger partial charge in [-0.2, -0.15) is 5.10 Å². The molecule has 106 valence electrons. The van der Waals surface area contributed by atoms with Crippen molar-refractivity contribution in [3.05, 3.63) is 35.9 Å². The third-order valence-electron chi connectivity index (χ3n) is 2.75. The maximum atomic E-state index is 11.9. The maximum absolute atomic E-state index is 11.9. The molecular formula is C13H16ClN5O. The first-order valence-electron chi connectivity index (χ1n) is 6.30. The van der Waals surface area contributed by atoms with E-state index in [0.717, 1.165) is 12.1 Å². The molecule has 1 N–H and O–H groups in total. The molecule has 0 fully saturated rings. The van der Waals surface area contributed by atoms with Crippen LogP contribution in [0.3, 0.4) is 0 Å². The van der Waals surface area contributed by atoms with Crippen molar-refractivity contribution in [2.45, 2.75) is 13.3 Å². The van der Waals surface area contributed by atoms with E-state index in [0.29, 0.717) is 12.2 Å². The summed E-state index contributed by atoms with van der Waals surface area (Å²) in [5.74, 6) is 0. The zero-order valence-corrected chi connectivity index (χ0v) is 12.1. The number of pyridine rings is 1. The number of carbonyl (C=O) groups excluding carboxylic acids is 1. The Balaban J connectivity index is 2.21. The molecule has 0 aromatic carbocycles. The Morgan fingerprint density at radius 2 is 2.35 bits per heavy atom. The molecule has 0 radical (unpaired) electrons. The smallest absolute Gasteiger partial charge is 0.321 e. The van der Waals surface area contributed by atoms with E-state index in [1.54, 1.807) is 30.3 Å². The monoisotopic (exact) mass is 293 g/mol. The van der Waals surface area contributed by atoms with Crippen molar-refractivity contribution >= 4 is 23.3 Å². The number of hydrogen-bond acceptors (Lipinski definition) is 3. The van der Waals surface area contributed by atoms with E-state index >= 15 is 0 Å². The lowest BCUT2D eigenvalue weighted by Crippen LogP contribution is -2.37. The van der Waals surface area contributed by atoms with Gasteiger partial charge in [0.25, 0.3) is 0 Å². The van der Waals surface area contributed by atoms with Gasteiger partial charge in [-0.15, -0.1) is 0 Å². The van der Waals surface area contributed by atoms with Gasteiger partial charge in [0, 0.05) is 19.8 Å². The van der Waals surface area contributed by atoms with Crippen molar-refractivity contribution in [2.75, 3.05) is 18.5 Å². The SMILES string of the molecule is CCCNC(=O)N(C)c1cn(-c2cccnc2)nc1Cl. The summed E-state index contributed by atoms with van der Waals surface area (Å²) in [6.07, 6.45) is 5.93. The minimum absolute atomic E-state index is 0.209. The number of rotatable bonds is 4. The quantitative estimate of drug-likeness (QED) is 0.942. The van der Waals surface area contributed by atoms with E-state index in [1.165, 1.54) is 4.90 Å². The Kier molecular flexibility index (Phi) is 4.57. The van der Waals surface area contributed by atoms with Gasteiger partial charge in [0.1, 0.15) is 5.69 Å². The fraction of sp³-hybridized carbons (Fsp3) is 0.308. The normalized spacial score (nSPS) is 10.3. The van der Waals surface area contributed by atoms with Crippen molar-refractivity contribution in [1.82, 2.24) is 20.1 Å².